The predicted octanol–water partition coefficient (Wildman–Crippen LogP) is -0.597. The van der Waals surface area contributed by atoms with E-state index in [1.807, 2.05) is 0 Å². The largest absolute Gasteiger partial charge is 4.00 e. The third kappa shape index (κ3) is 11.5. The third-order valence-corrected chi connectivity index (χ3v) is 1.73. The molecule has 0 unspecified atom stereocenters. The standard InChI is InChI=1S/C3H10O3Si.2O.Ti/c1-4-7(5-2)6-3;;;/h7H,1-3H3;;;/q;2*-2;+4. The van der Waals surface area contributed by atoms with E-state index in [1.165, 1.54) is 0 Å². The molecule has 0 aromatic carbocycles. The minimum absolute atomic E-state index is 0. The van der Waals surface area contributed by atoms with Crippen molar-refractivity contribution < 1.29 is 45.9 Å². The van der Waals surface area contributed by atoms with Crippen LogP contribution in [-0.4, -0.2) is 30.9 Å². The second kappa shape index (κ2) is 16.4. The first-order chi connectivity index (χ1) is 3.35. The summed E-state index contributed by atoms with van der Waals surface area (Å²) in [4.78, 5) is 0. The number of hydrogen-bond acceptors (Lipinski definition) is 3. The van der Waals surface area contributed by atoms with Crippen molar-refractivity contribution in [3.8, 4) is 0 Å². The van der Waals surface area contributed by atoms with E-state index in [0.29, 0.717) is 0 Å². The maximum absolute atomic E-state index is 4.74. The molecular formula is C3H10O5SiTi. The van der Waals surface area contributed by atoms with Gasteiger partial charge < -0.3 is 24.2 Å². The van der Waals surface area contributed by atoms with Gasteiger partial charge in [0.2, 0.25) is 0 Å². The van der Waals surface area contributed by atoms with Crippen molar-refractivity contribution in [2.75, 3.05) is 21.3 Å². The van der Waals surface area contributed by atoms with Crippen LogP contribution in [0.2, 0.25) is 0 Å². The Bertz CT molecular complexity index is 38.4. The monoisotopic (exact) mass is 202 g/mol. The second-order valence-corrected chi connectivity index (χ2v) is 2.99. The van der Waals surface area contributed by atoms with Crippen molar-refractivity contribution in [3.63, 3.8) is 0 Å². The Balaban J connectivity index is -0.0000000600. The zero-order chi connectivity index (χ0) is 5.70. The summed E-state index contributed by atoms with van der Waals surface area (Å²) in [7, 11) is 3.05. The van der Waals surface area contributed by atoms with Gasteiger partial charge in [-0.2, -0.15) is 0 Å². The Morgan fingerprint density at radius 1 is 0.800 bits per heavy atom. The molecule has 0 heterocycles. The molecule has 10 heavy (non-hydrogen) atoms. The van der Waals surface area contributed by atoms with Crippen LogP contribution < -0.4 is 0 Å². The minimum Gasteiger partial charge on any atom is -2.00 e. The van der Waals surface area contributed by atoms with E-state index in [2.05, 4.69) is 0 Å². The molecule has 0 aromatic heterocycles. The second-order valence-electron chi connectivity index (χ2n) is 0.996. The van der Waals surface area contributed by atoms with E-state index in [-0.39, 0.29) is 32.7 Å². The summed E-state index contributed by atoms with van der Waals surface area (Å²) in [6.45, 7) is 0. The molecule has 7 heteroatoms. The Hall–Kier alpha value is 0.731. The third-order valence-electron chi connectivity index (χ3n) is 0.577. The van der Waals surface area contributed by atoms with Crippen LogP contribution >= 0.6 is 0 Å². The maximum Gasteiger partial charge on any atom is 4.00 e. The molecule has 0 aliphatic rings. The van der Waals surface area contributed by atoms with Gasteiger partial charge in [0.15, 0.2) is 0 Å². The van der Waals surface area contributed by atoms with Gasteiger partial charge in [-0.15, -0.1) is 0 Å². The van der Waals surface area contributed by atoms with Gasteiger partial charge in [-0.25, -0.2) is 0 Å². The first kappa shape index (κ1) is 22.4. The molecule has 0 radical (unpaired) electrons. The zero-order valence-electron chi connectivity index (χ0n) is 6.12. The average Bonchev–Trinajstić information content (AvgIpc) is 1.72. The van der Waals surface area contributed by atoms with Crippen LogP contribution in [0.15, 0.2) is 0 Å². The van der Waals surface area contributed by atoms with Gasteiger partial charge in [-0.1, -0.05) is 0 Å². The number of rotatable bonds is 3. The van der Waals surface area contributed by atoms with Crippen molar-refractivity contribution in [2.45, 2.75) is 0 Å². The summed E-state index contributed by atoms with van der Waals surface area (Å²) in [5.41, 5.74) is 0. The van der Waals surface area contributed by atoms with Gasteiger partial charge in [0.25, 0.3) is 0 Å². The fourth-order valence-corrected chi connectivity index (χ4v) is 0.866. The van der Waals surface area contributed by atoms with Crippen LogP contribution in [0.3, 0.4) is 0 Å². The van der Waals surface area contributed by atoms with E-state index >= 15 is 0 Å². The Kier molecular flexibility index (Phi) is 36.7. The first-order valence-corrected chi connectivity index (χ1v) is 3.35. The van der Waals surface area contributed by atoms with Gasteiger partial charge in [0, 0.05) is 21.3 Å². The summed E-state index contributed by atoms with van der Waals surface area (Å²) in [5.74, 6) is 0. The summed E-state index contributed by atoms with van der Waals surface area (Å²) in [6.07, 6.45) is 0. The van der Waals surface area contributed by atoms with Gasteiger partial charge in [-0.05, 0) is 0 Å². The van der Waals surface area contributed by atoms with Crippen molar-refractivity contribution in [1.29, 1.82) is 0 Å². The zero-order valence-corrected chi connectivity index (χ0v) is 8.83. The van der Waals surface area contributed by atoms with Crippen molar-refractivity contribution in [2.24, 2.45) is 0 Å². The SMILES string of the molecule is CO[SiH](OC)OC.[O-2].[O-2].[Ti+4]. The summed E-state index contributed by atoms with van der Waals surface area (Å²) < 4.78 is 14.2. The van der Waals surface area contributed by atoms with E-state index < -0.39 is 9.53 Å². The predicted molar refractivity (Wildman–Crippen MR) is 29.5 cm³/mol. The van der Waals surface area contributed by atoms with Gasteiger partial charge >= 0.3 is 31.2 Å². The first-order valence-electron chi connectivity index (χ1n) is 1.93. The molecule has 0 aliphatic carbocycles. The maximum atomic E-state index is 4.74. The molecule has 0 spiro atoms. The Labute approximate surface area is 77.1 Å². The molecule has 0 bridgehead atoms. The molecule has 0 atom stereocenters. The van der Waals surface area contributed by atoms with Crippen LogP contribution in [0, 0.1) is 0 Å². The molecule has 60 valence electrons. The van der Waals surface area contributed by atoms with Crippen molar-refractivity contribution in [3.05, 3.63) is 0 Å². The normalized spacial score (nSPS) is 7.20. The quantitative estimate of drug-likeness (QED) is 0.573. The van der Waals surface area contributed by atoms with E-state index in [9.17, 15) is 0 Å². The van der Waals surface area contributed by atoms with E-state index in [1.54, 1.807) is 21.3 Å². The van der Waals surface area contributed by atoms with Crippen molar-refractivity contribution >= 4 is 9.53 Å². The summed E-state index contributed by atoms with van der Waals surface area (Å²) >= 11 is 0. The Morgan fingerprint density at radius 3 is 1.00 bits per heavy atom. The minimum atomic E-state index is -1.67. The van der Waals surface area contributed by atoms with Crippen LogP contribution in [0.1, 0.15) is 0 Å². The van der Waals surface area contributed by atoms with Crippen molar-refractivity contribution in [1.82, 2.24) is 0 Å². The van der Waals surface area contributed by atoms with E-state index in [4.69, 9.17) is 13.3 Å². The fourth-order valence-electron chi connectivity index (χ4n) is 0.289. The molecule has 0 saturated carbocycles. The smallest absolute Gasteiger partial charge is 2.00 e. The van der Waals surface area contributed by atoms with Crippen LogP contribution in [0.25, 0.3) is 0 Å². The molecule has 0 N–H and O–H groups in total. The molecule has 0 amide bonds. The molecule has 0 aliphatic heterocycles. The van der Waals surface area contributed by atoms with Crippen LogP contribution in [-0.2, 0) is 45.9 Å². The number of hydrogen-bond donors (Lipinski definition) is 0. The molecule has 5 nitrogen and oxygen atoms in total. The van der Waals surface area contributed by atoms with Gasteiger partial charge in [0.05, 0.1) is 0 Å². The summed E-state index contributed by atoms with van der Waals surface area (Å²) in [5, 5.41) is 0. The van der Waals surface area contributed by atoms with Crippen LogP contribution in [0.4, 0.5) is 0 Å². The molecular weight excluding hydrogens is 192 g/mol. The Morgan fingerprint density at radius 2 is 1.00 bits per heavy atom. The molecule has 0 rings (SSSR count). The van der Waals surface area contributed by atoms with Gasteiger partial charge in [0.1, 0.15) is 0 Å². The summed E-state index contributed by atoms with van der Waals surface area (Å²) in [6, 6.07) is 0. The fraction of sp³-hybridized carbons (Fsp3) is 1.00. The topological polar surface area (TPSA) is 84.7 Å². The average molecular weight is 202 g/mol. The molecule has 0 saturated heterocycles. The van der Waals surface area contributed by atoms with Crippen LogP contribution in [0.5, 0.6) is 0 Å². The molecule has 0 fully saturated rings. The molecule has 0 aromatic rings. The van der Waals surface area contributed by atoms with Gasteiger partial charge in [-0.3, -0.25) is 0 Å². The van der Waals surface area contributed by atoms with E-state index in [0.717, 1.165) is 0 Å².